The summed E-state index contributed by atoms with van der Waals surface area (Å²) in [4.78, 5) is 24.9. The number of rotatable bonds is 4. The SMILES string of the molecule is CSC(NC(=O)OC(C)(C)C)=[N+](CCCc1ccccc1)C(=O)OC(C)(C)C. The van der Waals surface area contributed by atoms with Crippen LogP contribution in [0.4, 0.5) is 9.59 Å². The fraction of sp³-hybridized carbons (Fsp3) is 0.571. The molecule has 7 heteroatoms. The summed E-state index contributed by atoms with van der Waals surface area (Å²) in [6, 6.07) is 10.1. The van der Waals surface area contributed by atoms with E-state index in [4.69, 9.17) is 9.47 Å². The van der Waals surface area contributed by atoms with E-state index >= 15 is 0 Å². The van der Waals surface area contributed by atoms with Gasteiger partial charge < -0.3 is 9.47 Å². The average Bonchev–Trinajstić information content (AvgIpc) is 2.54. The molecular formula is C21H33N2O4S+. The fourth-order valence-electron chi connectivity index (χ4n) is 2.30. The Balaban J connectivity index is 2.98. The van der Waals surface area contributed by atoms with Crippen LogP contribution >= 0.6 is 11.8 Å². The van der Waals surface area contributed by atoms with Crippen molar-refractivity contribution in [1.29, 1.82) is 0 Å². The zero-order valence-corrected chi connectivity index (χ0v) is 18.8. The Bertz CT molecular complexity index is 689. The molecule has 1 aromatic rings. The molecule has 0 aliphatic heterocycles. The van der Waals surface area contributed by atoms with E-state index in [1.807, 2.05) is 39.0 Å². The lowest BCUT2D eigenvalue weighted by atomic mass is 10.1. The van der Waals surface area contributed by atoms with Crippen LogP contribution in [0.1, 0.15) is 53.5 Å². The Morgan fingerprint density at radius 2 is 1.57 bits per heavy atom. The fourth-order valence-corrected chi connectivity index (χ4v) is 2.87. The van der Waals surface area contributed by atoms with Gasteiger partial charge in [-0.3, -0.25) is 0 Å². The monoisotopic (exact) mass is 409 g/mol. The van der Waals surface area contributed by atoms with Crippen LogP contribution in [0.3, 0.4) is 0 Å². The van der Waals surface area contributed by atoms with Crippen molar-refractivity contribution in [3.63, 3.8) is 0 Å². The quantitative estimate of drug-likeness (QED) is 0.439. The molecule has 0 aliphatic rings. The molecule has 0 saturated heterocycles. The minimum atomic E-state index is -0.635. The number of alkyl carbamates (subject to hydrolysis) is 1. The van der Waals surface area contributed by atoms with E-state index in [1.165, 1.54) is 21.9 Å². The predicted molar refractivity (Wildman–Crippen MR) is 114 cm³/mol. The lowest BCUT2D eigenvalue weighted by molar-refractivity contribution is -0.450. The zero-order valence-electron chi connectivity index (χ0n) is 18.0. The number of ether oxygens (including phenoxy) is 2. The van der Waals surface area contributed by atoms with Crippen molar-refractivity contribution < 1.29 is 23.6 Å². The highest BCUT2D eigenvalue weighted by Gasteiger charge is 2.29. The van der Waals surface area contributed by atoms with Crippen LogP contribution in [-0.2, 0) is 15.9 Å². The Hall–Kier alpha value is -2.02. The summed E-state index contributed by atoms with van der Waals surface area (Å²) >= 11 is 1.26. The number of carbonyl (C=O) groups excluding carboxylic acids is 2. The minimum Gasteiger partial charge on any atom is -0.426 e. The second-order valence-electron chi connectivity index (χ2n) is 8.36. The van der Waals surface area contributed by atoms with Crippen molar-refractivity contribution in [2.24, 2.45) is 0 Å². The van der Waals surface area contributed by atoms with E-state index in [-0.39, 0.29) is 0 Å². The van der Waals surface area contributed by atoms with E-state index in [0.29, 0.717) is 11.7 Å². The molecule has 1 rings (SSSR count). The molecule has 156 valence electrons. The van der Waals surface area contributed by atoms with Gasteiger partial charge in [0, 0.05) is 0 Å². The number of carbonyl (C=O) groups is 2. The van der Waals surface area contributed by atoms with Crippen LogP contribution in [0, 0.1) is 0 Å². The normalized spacial score (nSPS) is 12.8. The smallest absolute Gasteiger partial charge is 0.426 e. The van der Waals surface area contributed by atoms with E-state index < -0.39 is 23.4 Å². The van der Waals surface area contributed by atoms with Gasteiger partial charge in [0.1, 0.15) is 11.2 Å². The molecule has 1 aromatic carbocycles. The highest BCUT2D eigenvalue weighted by atomic mass is 32.2. The van der Waals surface area contributed by atoms with Gasteiger partial charge in [0.05, 0.1) is 6.54 Å². The third-order valence-electron chi connectivity index (χ3n) is 3.35. The van der Waals surface area contributed by atoms with E-state index in [0.717, 1.165) is 12.8 Å². The molecule has 0 unspecified atom stereocenters. The van der Waals surface area contributed by atoms with Crippen LogP contribution in [0.2, 0.25) is 0 Å². The summed E-state index contributed by atoms with van der Waals surface area (Å²) in [6.45, 7) is 11.2. The number of hydrogen-bond donors (Lipinski definition) is 1. The molecule has 1 N–H and O–H groups in total. The van der Waals surface area contributed by atoms with Crippen molar-refractivity contribution in [2.75, 3.05) is 12.8 Å². The molecule has 0 aliphatic carbocycles. The average molecular weight is 410 g/mol. The summed E-state index contributed by atoms with van der Waals surface area (Å²) in [5.74, 6) is 0. The maximum absolute atomic E-state index is 12.7. The van der Waals surface area contributed by atoms with Gasteiger partial charge >= 0.3 is 17.4 Å². The topological polar surface area (TPSA) is 67.6 Å². The number of amides is 2. The second kappa shape index (κ2) is 10.5. The van der Waals surface area contributed by atoms with Gasteiger partial charge in [0.25, 0.3) is 0 Å². The second-order valence-corrected chi connectivity index (χ2v) is 9.15. The first-order valence-electron chi connectivity index (χ1n) is 9.36. The van der Waals surface area contributed by atoms with E-state index in [2.05, 4.69) is 17.4 Å². The van der Waals surface area contributed by atoms with E-state index in [1.54, 1.807) is 27.0 Å². The molecule has 0 atom stereocenters. The van der Waals surface area contributed by atoms with Crippen LogP contribution in [0.25, 0.3) is 0 Å². The maximum atomic E-state index is 12.7. The van der Waals surface area contributed by atoms with Gasteiger partial charge in [-0.05, 0) is 78.0 Å². The lowest BCUT2D eigenvalue weighted by Gasteiger charge is -2.20. The van der Waals surface area contributed by atoms with Gasteiger partial charge in [0.15, 0.2) is 0 Å². The summed E-state index contributed by atoms with van der Waals surface area (Å²) in [5, 5.41) is 3.07. The molecule has 0 aromatic heterocycles. The number of benzene rings is 1. The molecule has 0 spiro atoms. The van der Waals surface area contributed by atoms with Crippen LogP contribution in [0.5, 0.6) is 0 Å². The molecule has 2 amide bonds. The number of aryl methyl sites for hydroxylation is 1. The van der Waals surface area contributed by atoms with Crippen LogP contribution in [-0.4, -0.2) is 45.9 Å². The third-order valence-corrected chi connectivity index (χ3v) is 4.06. The number of nitrogens with zero attached hydrogens (tertiary/aromatic N) is 1. The van der Waals surface area contributed by atoms with Gasteiger partial charge in [-0.2, -0.15) is 19.5 Å². The van der Waals surface area contributed by atoms with Gasteiger partial charge in [-0.25, -0.2) is 0 Å². The first-order chi connectivity index (χ1) is 12.9. The summed E-state index contributed by atoms with van der Waals surface area (Å²) < 4.78 is 12.3. The Morgan fingerprint density at radius 3 is 2.07 bits per heavy atom. The van der Waals surface area contributed by atoms with Gasteiger partial charge in [0.2, 0.25) is 0 Å². The Labute approximate surface area is 172 Å². The van der Waals surface area contributed by atoms with Crippen LogP contribution in [0.15, 0.2) is 30.3 Å². The Kier molecular flexibility index (Phi) is 9.01. The highest BCUT2D eigenvalue weighted by molar-refractivity contribution is 8.13. The van der Waals surface area contributed by atoms with Crippen molar-refractivity contribution in [3.05, 3.63) is 35.9 Å². The number of thioether (sulfide) groups is 1. The third kappa shape index (κ3) is 9.78. The van der Waals surface area contributed by atoms with Gasteiger partial charge in [-0.15, -0.1) is 0 Å². The van der Waals surface area contributed by atoms with Crippen molar-refractivity contribution in [1.82, 2.24) is 5.32 Å². The minimum absolute atomic E-state index is 0.386. The molecule has 0 fully saturated rings. The largest absolute Gasteiger partial charge is 0.508 e. The lowest BCUT2D eigenvalue weighted by Crippen LogP contribution is -2.43. The molecule has 0 bridgehead atoms. The standard InChI is InChI=1S/C21H32N2O4S/c1-20(2,3)26-18(24)22-17(28-7)23(19(25)27-21(4,5)6)15-11-14-16-12-9-8-10-13-16/h8-10,12-13H,11,14-15H2,1-7H3/p+1. The molecule has 0 heterocycles. The summed E-state index contributed by atoms with van der Waals surface area (Å²) in [7, 11) is 0. The predicted octanol–water partition coefficient (Wildman–Crippen LogP) is 4.81. The number of hydrogen-bond acceptors (Lipinski definition) is 5. The molecule has 28 heavy (non-hydrogen) atoms. The molecule has 0 saturated carbocycles. The van der Waals surface area contributed by atoms with E-state index in [9.17, 15) is 9.59 Å². The zero-order chi connectivity index (χ0) is 21.4. The van der Waals surface area contributed by atoms with Crippen LogP contribution < -0.4 is 5.32 Å². The van der Waals surface area contributed by atoms with Gasteiger partial charge in [-0.1, -0.05) is 30.3 Å². The van der Waals surface area contributed by atoms with Crippen molar-refractivity contribution >= 4 is 29.1 Å². The van der Waals surface area contributed by atoms with Crippen molar-refractivity contribution in [3.8, 4) is 0 Å². The first kappa shape index (κ1) is 24.0. The number of amidine groups is 1. The summed E-state index contributed by atoms with van der Waals surface area (Å²) in [5.41, 5.74) is -0.0700. The molecule has 0 radical (unpaired) electrons. The summed E-state index contributed by atoms with van der Waals surface area (Å²) in [6.07, 6.45) is 2.23. The maximum Gasteiger partial charge on any atom is 0.508 e. The first-order valence-corrected chi connectivity index (χ1v) is 10.6. The number of nitrogens with one attached hydrogen (secondary N) is 1. The molecule has 6 nitrogen and oxygen atoms in total. The van der Waals surface area contributed by atoms with Crippen molar-refractivity contribution in [2.45, 2.75) is 65.6 Å². The molecular weight excluding hydrogens is 376 g/mol. The highest BCUT2D eigenvalue weighted by Crippen LogP contribution is 2.12. The Morgan fingerprint density at radius 1 is 1.00 bits per heavy atom.